The maximum Gasteiger partial charge on any atom is 0.225 e. The average molecular weight is 326 g/mol. The number of hydrogen-bond donors (Lipinski definition) is 2. The van der Waals surface area contributed by atoms with E-state index in [-0.39, 0.29) is 30.3 Å². The van der Waals surface area contributed by atoms with Crippen molar-refractivity contribution < 1.29 is 9.90 Å². The first-order chi connectivity index (χ1) is 10.1. The summed E-state index contributed by atoms with van der Waals surface area (Å²) in [6, 6.07) is 7.56. The number of amides is 1. The number of nitrogens with two attached hydrogens (primary N) is 1. The van der Waals surface area contributed by atoms with Gasteiger partial charge in [-0.15, -0.1) is 12.4 Å². The summed E-state index contributed by atoms with van der Waals surface area (Å²) in [5, 5.41) is 9.90. The quantitative estimate of drug-likeness (QED) is 0.866. The predicted molar refractivity (Wildman–Crippen MR) is 89.5 cm³/mol. The highest BCUT2D eigenvalue weighted by molar-refractivity contribution is 5.85. The Bertz CT molecular complexity index is 518. The van der Waals surface area contributed by atoms with Crippen molar-refractivity contribution >= 4 is 24.0 Å². The molecule has 0 radical (unpaired) electrons. The standard InChI is InChI=1S/C16H23N3O2.ClH/c17-13-6-5-12(11-13)16(21)19-9-7-18(8-10-19)14-3-1-2-4-15(14)20;/h1-4,12-13,20H,5-11,17H2;1H. The average Bonchev–Trinajstić information content (AvgIpc) is 2.94. The third-order valence-electron chi connectivity index (χ3n) is 4.64. The van der Waals surface area contributed by atoms with E-state index in [1.807, 2.05) is 23.1 Å². The van der Waals surface area contributed by atoms with E-state index in [1.165, 1.54) is 0 Å². The second-order valence-corrected chi connectivity index (χ2v) is 6.07. The van der Waals surface area contributed by atoms with Gasteiger partial charge in [-0.3, -0.25) is 4.79 Å². The molecule has 0 spiro atoms. The zero-order valence-corrected chi connectivity index (χ0v) is 13.5. The molecule has 2 fully saturated rings. The molecule has 6 heteroatoms. The number of anilines is 1. The lowest BCUT2D eigenvalue weighted by atomic mass is 10.1. The molecular formula is C16H24ClN3O2. The fourth-order valence-electron chi connectivity index (χ4n) is 3.40. The Kier molecular flexibility index (Phi) is 5.53. The van der Waals surface area contributed by atoms with E-state index in [2.05, 4.69) is 4.90 Å². The van der Waals surface area contributed by atoms with Gasteiger partial charge in [-0.25, -0.2) is 0 Å². The van der Waals surface area contributed by atoms with Gasteiger partial charge in [-0.1, -0.05) is 12.1 Å². The van der Waals surface area contributed by atoms with Crippen molar-refractivity contribution in [3.63, 3.8) is 0 Å². The van der Waals surface area contributed by atoms with Crippen LogP contribution in [0.5, 0.6) is 5.75 Å². The maximum atomic E-state index is 12.5. The van der Waals surface area contributed by atoms with Gasteiger partial charge >= 0.3 is 0 Å². The highest BCUT2D eigenvalue weighted by atomic mass is 35.5. The summed E-state index contributed by atoms with van der Waals surface area (Å²) in [6.45, 7) is 2.97. The van der Waals surface area contributed by atoms with Crippen LogP contribution in [-0.4, -0.2) is 48.1 Å². The number of phenolic OH excluding ortho intramolecular Hbond substituents is 1. The summed E-state index contributed by atoms with van der Waals surface area (Å²) in [5.41, 5.74) is 6.75. The minimum Gasteiger partial charge on any atom is -0.506 e. The number of carbonyl (C=O) groups excluding carboxylic acids is 1. The van der Waals surface area contributed by atoms with Gasteiger partial charge in [-0.2, -0.15) is 0 Å². The molecule has 0 bridgehead atoms. The van der Waals surface area contributed by atoms with Gasteiger partial charge in [0.05, 0.1) is 5.69 Å². The summed E-state index contributed by atoms with van der Waals surface area (Å²) in [5.74, 6) is 0.690. The molecule has 1 aromatic carbocycles. The Labute approximate surface area is 137 Å². The molecule has 1 amide bonds. The van der Waals surface area contributed by atoms with E-state index in [1.54, 1.807) is 6.07 Å². The molecule has 1 aromatic rings. The number of piperazine rings is 1. The highest BCUT2D eigenvalue weighted by Crippen LogP contribution is 2.29. The molecule has 5 nitrogen and oxygen atoms in total. The SMILES string of the molecule is Cl.NC1CCC(C(=O)N2CCN(c3ccccc3O)CC2)C1. The van der Waals surface area contributed by atoms with Crippen molar-refractivity contribution in [2.45, 2.75) is 25.3 Å². The van der Waals surface area contributed by atoms with Crippen molar-refractivity contribution in [1.82, 2.24) is 4.90 Å². The molecule has 2 unspecified atom stereocenters. The fraction of sp³-hybridized carbons (Fsp3) is 0.562. The smallest absolute Gasteiger partial charge is 0.225 e. The summed E-state index contributed by atoms with van der Waals surface area (Å²) in [6.07, 6.45) is 2.73. The number of hydrogen-bond acceptors (Lipinski definition) is 4. The molecule has 3 N–H and O–H groups in total. The molecule has 3 rings (SSSR count). The van der Waals surface area contributed by atoms with Gasteiger partial charge < -0.3 is 20.6 Å². The van der Waals surface area contributed by atoms with Gasteiger partial charge in [0.2, 0.25) is 5.91 Å². The van der Waals surface area contributed by atoms with Crippen LogP contribution in [0.2, 0.25) is 0 Å². The zero-order valence-electron chi connectivity index (χ0n) is 12.6. The normalized spacial score (nSPS) is 25.0. The van der Waals surface area contributed by atoms with Crippen LogP contribution in [0.4, 0.5) is 5.69 Å². The molecule has 2 aliphatic rings. The Balaban J connectivity index is 0.00000176. The van der Waals surface area contributed by atoms with E-state index < -0.39 is 0 Å². The number of phenols is 1. The molecule has 1 aliphatic heterocycles. The van der Waals surface area contributed by atoms with Crippen LogP contribution in [0.25, 0.3) is 0 Å². The van der Waals surface area contributed by atoms with E-state index in [0.29, 0.717) is 5.75 Å². The lowest BCUT2D eigenvalue weighted by Gasteiger charge is -2.37. The largest absolute Gasteiger partial charge is 0.506 e. The van der Waals surface area contributed by atoms with Crippen LogP contribution >= 0.6 is 12.4 Å². The Morgan fingerprint density at radius 3 is 2.41 bits per heavy atom. The minimum absolute atomic E-state index is 0. The van der Waals surface area contributed by atoms with Crippen molar-refractivity contribution in [3.05, 3.63) is 24.3 Å². The van der Waals surface area contributed by atoms with Crippen molar-refractivity contribution in [2.24, 2.45) is 11.7 Å². The number of carbonyl (C=O) groups is 1. The topological polar surface area (TPSA) is 69.8 Å². The second-order valence-electron chi connectivity index (χ2n) is 6.07. The summed E-state index contributed by atoms with van der Waals surface area (Å²) < 4.78 is 0. The van der Waals surface area contributed by atoms with Gasteiger partial charge in [0, 0.05) is 38.1 Å². The predicted octanol–water partition coefficient (Wildman–Crippen LogP) is 1.59. The first-order valence-electron chi connectivity index (χ1n) is 7.72. The zero-order chi connectivity index (χ0) is 14.8. The number of nitrogens with zero attached hydrogens (tertiary/aromatic N) is 2. The first-order valence-corrected chi connectivity index (χ1v) is 7.72. The third-order valence-corrected chi connectivity index (χ3v) is 4.64. The fourth-order valence-corrected chi connectivity index (χ4v) is 3.40. The maximum absolute atomic E-state index is 12.5. The van der Waals surface area contributed by atoms with E-state index in [0.717, 1.165) is 51.1 Å². The molecule has 122 valence electrons. The molecule has 1 saturated heterocycles. The van der Waals surface area contributed by atoms with Crippen LogP contribution in [-0.2, 0) is 4.79 Å². The van der Waals surface area contributed by atoms with Crippen LogP contribution in [0, 0.1) is 5.92 Å². The molecule has 1 saturated carbocycles. The third kappa shape index (κ3) is 3.47. The van der Waals surface area contributed by atoms with E-state index in [4.69, 9.17) is 5.73 Å². The Morgan fingerprint density at radius 1 is 1.14 bits per heavy atom. The number of para-hydroxylation sites is 2. The summed E-state index contributed by atoms with van der Waals surface area (Å²) >= 11 is 0. The monoisotopic (exact) mass is 325 g/mol. The lowest BCUT2D eigenvalue weighted by Crippen LogP contribution is -2.50. The minimum atomic E-state index is 0. The van der Waals surface area contributed by atoms with Gasteiger partial charge in [0.1, 0.15) is 5.75 Å². The number of halogens is 1. The van der Waals surface area contributed by atoms with Crippen LogP contribution in [0.3, 0.4) is 0 Å². The van der Waals surface area contributed by atoms with Crippen LogP contribution < -0.4 is 10.6 Å². The number of benzene rings is 1. The molecule has 22 heavy (non-hydrogen) atoms. The molecule has 2 atom stereocenters. The van der Waals surface area contributed by atoms with E-state index in [9.17, 15) is 9.90 Å². The molecular weight excluding hydrogens is 302 g/mol. The van der Waals surface area contributed by atoms with Crippen molar-refractivity contribution in [1.29, 1.82) is 0 Å². The van der Waals surface area contributed by atoms with E-state index >= 15 is 0 Å². The molecule has 1 aliphatic carbocycles. The van der Waals surface area contributed by atoms with Gasteiger partial charge in [0.15, 0.2) is 0 Å². The van der Waals surface area contributed by atoms with Crippen LogP contribution in [0.1, 0.15) is 19.3 Å². The van der Waals surface area contributed by atoms with Gasteiger partial charge in [0.25, 0.3) is 0 Å². The van der Waals surface area contributed by atoms with Gasteiger partial charge in [-0.05, 0) is 31.4 Å². The Hall–Kier alpha value is -1.46. The molecule has 0 aromatic heterocycles. The van der Waals surface area contributed by atoms with Crippen LogP contribution in [0.15, 0.2) is 24.3 Å². The number of aromatic hydroxyl groups is 1. The second kappa shape index (κ2) is 7.20. The lowest BCUT2D eigenvalue weighted by molar-refractivity contribution is -0.135. The number of rotatable bonds is 2. The van der Waals surface area contributed by atoms with Crippen molar-refractivity contribution in [2.75, 3.05) is 31.1 Å². The Morgan fingerprint density at radius 2 is 1.82 bits per heavy atom. The summed E-state index contributed by atoms with van der Waals surface area (Å²) in [7, 11) is 0. The highest BCUT2D eigenvalue weighted by Gasteiger charge is 2.32. The van der Waals surface area contributed by atoms with Crippen molar-refractivity contribution in [3.8, 4) is 5.75 Å². The summed E-state index contributed by atoms with van der Waals surface area (Å²) in [4.78, 5) is 16.6. The first kappa shape index (κ1) is 16.9. The molecule has 1 heterocycles.